The number of hydrogen-bond acceptors (Lipinski definition) is 4. The molecule has 0 spiro atoms. The van der Waals surface area contributed by atoms with Crippen LogP contribution in [0.2, 0.25) is 0 Å². The molecule has 5 heteroatoms. The Bertz CT molecular complexity index is 783. The summed E-state index contributed by atoms with van der Waals surface area (Å²) in [5.41, 5.74) is 1.06. The lowest BCUT2D eigenvalue weighted by Gasteiger charge is -2.21. The molecule has 0 saturated heterocycles. The highest BCUT2D eigenvalue weighted by atomic mass is 32.2. The highest BCUT2D eigenvalue weighted by Gasteiger charge is 2.30. The molecule has 2 aromatic carbocycles. The predicted octanol–water partition coefficient (Wildman–Crippen LogP) is 3.21. The van der Waals surface area contributed by atoms with Crippen LogP contribution in [0.15, 0.2) is 52.3 Å². The van der Waals surface area contributed by atoms with Crippen molar-refractivity contribution in [3.63, 3.8) is 0 Å². The highest BCUT2D eigenvalue weighted by Crippen LogP contribution is 2.33. The van der Waals surface area contributed by atoms with E-state index in [1.54, 1.807) is 43.3 Å². The van der Waals surface area contributed by atoms with Crippen LogP contribution in [0.4, 0.5) is 0 Å². The third-order valence-corrected chi connectivity index (χ3v) is 4.90. The Hall–Kier alpha value is -2.27. The normalized spacial score (nSPS) is 16.0. The first-order chi connectivity index (χ1) is 10.1. The number of benzene rings is 2. The Morgan fingerprint density at radius 3 is 2.62 bits per heavy atom. The van der Waals surface area contributed by atoms with Gasteiger partial charge in [-0.2, -0.15) is 0 Å². The van der Waals surface area contributed by atoms with E-state index in [9.17, 15) is 9.59 Å². The van der Waals surface area contributed by atoms with Crippen LogP contribution in [-0.2, 0) is 15.4 Å². The zero-order valence-corrected chi connectivity index (χ0v) is 12.2. The molecule has 1 aliphatic rings. The van der Waals surface area contributed by atoms with E-state index in [2.05, 4.69) is 0 Å². The van der Waals surface area contributed by atoms with Gasteiger partial charge in [-0.1, -0.05) is 18.2 Å². The molecule has 4 nitrogen and oxygen atoms in total. The van der Waals surface area contributed by atoms with Gasteiger partial charge in [-0.25, -0.2) is 4.79 Å². The number of fused-ring (bicyclic) bond motifs is 2. The van der Waals surface area contributed by atoms with E-state index in [0.29, 0.717) is 20.9 Å². The molecule has 21 heavy (non-hydrogen) atoms. The molecule has 0 saturated carbocycles. The van der Waals surface area contributed by atoms with E-state index in [1.807, 2.05) is 6.07 Å². The summed E-state index contributed by atoms with van der Waals surface area (Å²) in [4.78, 5) is 26.0. The summed E-state index contributed by atoms with van der Waals surface area (Å²) >= 11 is 0. The molecule has 0 fully saturated rings. The molecule has 1 atom stereocenters. The number of ketones is 1. The molecule has 0 radical (unpaired) electrons. The van der Waals surface area contributed by atoms with Gasteiger partial charge in [0.1, 0.15) is 0 Å². The van der Waals surface area contributed by atoms with Gasteiger partial charge in [-0.05, 0) is 41.9 Å². The first-order valence-electron chi connectivity index (χ1n) is 6.54. The molecule has 1 heterocycles. The molecule has 2 aromatic rings. The zero-order chi connectivity index (χ0) is 15.0. The second-order valence-electron chi connectivity index (χ2n) is 4.53. The monoisotopic (exact) mass is 299 g/mol. The summed E-state index contributed by atoms with van der Waals surface area (Å²) in [6, 6.07) is 12.1. The van der Waals surface area contributed by atoms with Crippen LogP contribution in [0.5, 0.6) is 0 Å². The average Bonchev–Trinajstić information content (AvgIpc) is 2.52. The van der Waals surface area contributed by atoms with Crippen LogP contribution in [0, 0.1) is 4.78 Å². The van der Waals surface area contributed by atoms with Crippen molar-refractivity contribution in [2.24, 2.45) is 0 Å². The van der Waals surface area contributed by atoms with Crippen molar-refractivity contribution in [2.45, 2.75) is 16.7 Å². The second-order valence-corrected chi connectivity index (χ2v) is 6.02. The van der Waals surface area contributed by atoms with Crippen molar-refractivity contribution in [2.75, 3.05) is 6.61 Å². The summed E-state index contributed by atoms with van der Waals surface area (Å²) in [6.07, 6.45) is 0. The Morgan fingerprint density at radius 1 is 1.14 bits per heavy atom. The summed E-state index contributed by atoms with van der Waals surface area (Å²) < 4.78 is 13.4. The Labute approximate surface area is 124 Å². The fourth-order valence-electron chi connectivity index (χ4n) is 2.40. The van der Waals surface area contributed by atoms with Crippen LogP contribution in [0.1, 0.15) is 33.2 Å². The molecular weight excluding hydrogens is 286 g/mol. The van der Waals surface area contributed by atoms with Gasteiger partial charge in [0.15, 0.2) is 5.78 Å². The van der Waals surface area contributed by atoms with Crippen LogP contribution in [0.3, 0.4) is 0 Å². The van der Waals surface area contributed by atoms with Gasteiger partial charge in [-0.15, -0.1) is 0 Å². The lowest BCUT2D eigenvalue weighted by Crippen LogP contribution is -2.20. The van der Waals surface area contributed by atoms with Crippen molar-refractivity contribution in [1.29, 1.82) is 4.78 Å². The molecule has 3 rings (SSSR count). The first kappa shape index (κ1) is 13.7. The van der Waals surface area contributed by atoms with Crippen LogP contribution >= 0.6 is 0 Å². The number of carbonyl (C=O) groups excluding carboxylic acids is 2. The second kappa shape index (κ2) is 5.26. The van der Waals surface area contributed by atoms with Gasteiger partial charge >= 0.3 is 5.97 Å². The minimum atomic E-state index is -0.970. The van der Waals surface area contributed by atoms with Gasteiger partial charge in [0, 0.05) is 15.4 Å². The molecule has 0 amide bonds. The maximum Gasteiger partial charge on any atom is 0.338 e. The SMILES string of the molecule is CCOC(=O)c1cccc2c1C(=O)c1ccccc1S2=N. The van der Waals surface area contributed by atoms with Gasteiger partial charge in [0.2, 0.25) is 0 Å². The fourth-order valence-corrected chi connectivity index (χ4v) is 3.85. The molecule has 0 aromatic heterocycles. The Morgan fingerprint density at radius 2 is 1.86 bits per heavy atom. The lowest BCUT2D eigenvalue weighted by atomic mass is 9.97. The maximum atomic E-state index is 12.7. The third kappa shape index (κ3) is 2.10. The molecular formula is C16H13NO3S. The lowest BCUT2D eigenvalue weighted by molar-refractivity contribution is 0.0523. The number of hydrogen-bond donors (Lipinski definition) is 1. The average molecular weight is 299 g/mol. The predicted molar refractivity (Wildman–Crippen MR) is 78.9 cm³/mol. The van der Waals surface area contributed by atoms with Crippen LogP contribution < -0.4 is 0 Å². The van der Waals surface area contributed by atoms with Gasteiger partial charge in [-0.3, -0.25) is 9.57 Å². The molecule has 1 N–H and O–H groups in total. The van der Waals surface area contributed by atoms with Crippen LogP contribution in [-0.4, -0.2) is 18.4 Å². The summed E-state index contributed by atoms with van der Waals surface area (Å²) in [6.45, 7) is 1.97. The van der Waals surface area contributed by atoms with E-state index in [0.717, 1.165) is 0 Å². The standard InChI is InChI=1S/C16H13NO3S/c1-2-20-16(19)11-7-5-9-13-14(11)15(18)10-6-3-4-8-12(10)21(13)17/h3-9,17H,2H2,1H3. The number of esters is 1. The molecule has 0 bridgehead atoms. The van der Waals surface area contributed by atoms with Crippen molar-refractivity contribution in [1.82, 2.24) is 0 Å². The number of nitrogens with one attached hydrogen (secondary N) is 1. The van der Waals surface area contributed by atoms with Gasteiger partial charge < -0.3 is 4.74 Å². The van der Waals surface area contributed by atoms with Crippen molar-refractivity contribution in [3.8, 4) is 0 Å². The minimum absolute atomic E-state index is 0.208. The van der Waals surface area contributed by atoms with E-state index < -0.39 is 16.7 Å². The highest BCUT2D eigenvalue weighted by molar-refractivity contribution is 7.86. The molecule has 0 aliphatic carbocycles. The smallest absolute Gasteiger partial charge is 0.338 e. The van der Waals surface area contributed by atoms with Crippen molar-refractivity contribution < 1.29 is 14.3 Å². The summed E-state index contributed by atoms with van der Waals surface area (Å²) in [5.74, 6) is -0.723. The van der Waals surface area contributed by atoms with Crippen molar-refractivity contribution >= 4 is 22.4 Å². The minimum Gasteiger partial charge on any atom is -0.462 e. The molecule has 1 aliphatic heterocycles. The Balaban J connectivity index is 2.24. The van der Waals surface area contributed by atoms with E-state index in [4.69, 9.17) is 9.52 Å². The summed E-state index contributed by atoms with van der Waals surface area (Å²) in [7, 11) is -0.970. The van der Waals surface area contributed by atoms with E-state index in [-0.39, 0.29) is 18.0 Å². The number of carbonyl (C=O) groups is 2. The quantitative estimate of drug-likeness (QED) is 0.739. The van der Waals surface area contributed by atoms with E-state index >= 15 is 0 Å². The third-order valence-electron chi connectivity index (χ3n) is 3.32. The number of ether oxygens (including phenoxy) is 1. The first-order valence-corrected chi connectivity index (χ1v) is 7.77. The van der Waals surface area contributed by atoms with Crippen LogP contribution in [0.25, 0.3) is 0 Å². The summed E-state index contributed by atoms with van der Waals surface area (Å²) in [5, 5.41) is 0. The number of rotatable bonds is 2. The van der Waals surface area contributed by atoms with Gasteiger partial charge in [0.25, 0.3) is 0 Å². The zero-order valence-electron chi connectivity index (χ0n) is 11.4. The largest absolute Gasteiger partial charge is 0.462 e. The topological polar surface area (TPSA) is 67.2 Å². The molecule has 1 unspecified atom stereocenters. The Kier molecular flexibility index (Phi) is 3.43. The fraction of sp³-hybridized carbons (Fsp3) is 0.125. The van der Waals surface area contributed by atoms with Crippen molar-refractivity contribution in [3.05, 3.63) is 59.2 Å². The van der Waals surface area contributed by atoms with Gasteiger partial charge in [0.05, 0.1) is 17.7 Å². The van der Waals surface area contributed by atoms with E-state index in [1.165, 1.54) is 0 Å². The maximum absolute atomic E-state index is 12.7. The molecule has 106 valence electrons.